The van der Waals surface area contributed by atoms with E-state index in [1.807, 2.05) is 16.8 Å². The van der Waals surface area contributed by atoms with Gasteiger partial charge in [0.05, 0.1) is 11.3 Å². The predicted molar refractivity (Wildman–Crippen MR) is 109 cm³/mol. The van der Waals surface area contributed by atoms with Crippen LogP contribution in [0.15, 0.2) is 52.0 Å². The molecular formula is C21H19N3O4S. The van der Waals surface area contributed by atoms with E-state index in [0.717, 1.165) is 5.56 Å². The number of pyridine rings is 1. The number of aromatic nitrogens is 3. The first kappa shape index (κ1) is 18.9. The van der Waals surface area contributed by atoms with Gasteiger partial charge in [0.25, 0.3) is 0 Å². The zero-order valence-corrected chi connectivity index (χ0v) is 16.9. The Balaban J connectivity index is 1.93. The van der Waals surface area contributed by atoms with Crippen molar-refractivity contribution in [3.63, 3.8) is 0 Å². The molecule has 0 atom stereocenters. The Morgan fingerprint density at radius 3 is 2.48 bits per heavy atom. The van der Waals surface area contributed by atoms with Gasteiger partial charge >= 0.3 is 0 Å². The van der Waals surface area contributed by atoms with Crippen LogP contribution in [0.4, 0.5) is 0 Å². The molecule has 4 aromatic rings. The van der Waals surface area contributed by atoms with Crippen LogP contribution in [0.3, 0.4) is 0 Å². The van der Waals surface area contributed by atoms with Crippen LogP contribution in [0.25, 0.3) is 28.3 Å². The molecule has 0 unspecified atom stereocenters. The Kier molecular flexibility index (Phi) is 4.50. The number of carbonyl (C=O) groups is 1. The second kappa shape index (κ2) is 6.89. The van der Waals surface area contributed by atoms with E-state index in [4.69, 9.17) is 4.52 Å². The Bertz CT molecular complexity index is 1150. The number of rotatable bonds is 4. The van der Waals surface area contributed by atoms with Gasteiger partial charge in [-0.2, -0.15) is 11.3 Å². The monoisotopic (exact) mass is 409 g/mol. The molecule has 4 heterocycles. The zero-order valence-electron chi connectivity index (χ0n) is 16.1. The largest absolute Gasteiger partial charge is 0.503 e. The molecule has 148 valence electrons. The standard InChI is InChI=1S/C21H19N3O4S/c1-21(2,3)19(26)16-17(13-7-9-29-11-13)24(20(27)18(16)25)15-5-4-12(10-22-15)14-6-8-28-23-14/h4-11,25,27H,1-3H3. The average Bonchev–Trinajstić information content (AvgIpc) is 3.43. The molecule has 4 aromatic heterocycles. The third-order valence-corrected chi connectivity index (χ3v) is 5.22. The maximum absolute atomic E-state index is 13.1. The normalized spacial score (nSPS) is 11.7. The maximum atomic E-state index is 13.1. The van der Waals surface area contributed by atoms with Gasteiger partial charge in [0.1, 0.15) is 17.8 Å². The van der Waals surface area contributed by atoms with Crippen LogP contribution in [0.5, 0.6) is 11.6 Å². The number of aromatic hydroxyl groups is 2. The van der Waals surface area contributed by atoms with Crippen LogP contribution in [-0.2, 0) is 0 Å². The molecule has 29 heavy (non-hydrogen) atoms. The molecule has 0 saturated carbocycles. The summed E-state index contributed by atoms with van der Waals surface area (Å²) >= 11 is 1.46. The molecule has 0 aliphatic rings. The van der Waals surface area contributed by atoms with Crippen LogP contribution in [0.1, 0.15) is 31.1 Å². The highest BCUT2D eigenvalue weighted by Gasteiger charge is 2.35. The molecule has 0 radical (unpaired) electrons. The van der Waals surface area contributed by atoms with Gasteiger partial charge in [-0.3, -0.25) is 9.36 Å². The van der Waals surface area contributed by atoms with E-state index in [0.29, 0.717) is 22.8 Å². The van der Waals surface area contributed by atoms with Crippen molar-refractivity contribution in [2.24, 2.45) is 5.41 Å². The minimum Gasteiger partial charge on any atom is -0.503 e. The van der Waals surface area contributed by atoms with Gasteiger partial charge in [0, 0.05) is 34.2 Å². The first-order valence-electron chi connectivity index (χ1n) is 8.90. The second-order valence-electron chi connectivity index (χ2n) is 7.61. The van der Waals surface area contributed by atoms with Crippen LogP contribution >= 0.6 is 11.3 Å². The lowest BCUT2D eigenvalue weighted by molar-refractivity contribution is 0.0856. The average molecular weight is 409 g/mol. The molecule has 0 aliphatic carbocycles. The quantitative estimate of drug-likeness (QED) is 0.465. The molecule has 0 fully saturated rings. The van der Waals surface area contributed by atoms with Gasteiger partial charge in [-0.15, -0.1) is 0 Å². The molecular weight excluding hydrogens is 390 g/mol. The van der Waals surface area contributed by atoms with Crippen molar-refractivity contribution in [3.8, 4) is 40.0 Å². The van der Waals surface area contributed by atoms with Gasteiger partial charge in [0.2, 0.25) is 5.88 Å². The highest BCUT2D eigenvalue weighted by molar-refractivity contribution is 7.08. The van der Waals surface area contributed by atoms with E-state index in [2.05, 4.69) is 10.1 Å². The molecule has 0 aliphatic heterocycles. The van der Waals surface area contributed by atoms with Crippen molar-refractivity contribution < 1.29 is 19.5 Å². The number of thiophene rings is 1. The van der Waals surface area contributed by atoms with Crippen LogP contribution in [0, 0.1) is 5.41 Å². The van der Waals surface area contributed by atoms with Crippen molar-refractivity contribution in [1.82, 2.24) is 14.7 Å². The lowest BCUT2D eigenvalue weighted by Gasteiger charge is -2.17. The molecule has 8 heteroatoms. The van der Waals surface area contributed by atoms with E-state index in [9.17, 15) is 15.0 Å². The van der Waals surface area contributed by atoms with E-state index in [1.165, 1.54) is 22.2 Å². The summed E-state index contributed by atoms with van der Waals surface area (Å²) in [6, 6.07) is 7.01. The Morgan fingerprint density at radius 1 is 1.14 bits per heavy atom. The van der Waals surface area contributed by atoms with Crippen molar-refractivity contribution in [1.29, 1.82) is 0 Å². The van der Waals surface area contributed by atoms with E-state index >= 15 is 0 Å². The smallest absolute Gasteiger partial charge is 0.241 e. The highest BCUT2D eigenvalue weighted by atomic mass is 32.1. The Morgan fingerprint density at radius 2 is 1.93 bits per heavy atom. The number of nitrogens with zero attached hydrogens (tertiary/aromatic N) is 3. The van der Waals surface area contributed by atoms with Crippen LogP contribution < -0.4 is 0 Å². The fourth-order valence-electron chi connectivity index (χ4n) is 3.06. The lowest BCUT2D eigenvalue weighted by Crippen LogP contribution is -2.20. The maximum Gasteiger partial charge on any atom is 0.241 e. The van der Waals surface area contributed by atoms with Crippen molar-refractivity contribution in [2.45, 2.75) is 20.8 Å². The summed E-state index contributed by atoms with van der Waals surface area (Å²) in [6.07, 6.45) is 3.06. The van der Waals surface area contributed by atoms with Gasteiger partial charge in [-0.25, -0.2) is 4.98 Å². The number of ketones is 1. The third kappa shape index (κ3) is 3.21. The van der Waals surface area contributed by atoms with Gasteiger partial charge < -0.3 is 14.7 Å². The SMILES string of the molecule is CC(C)(C)C(=O)c1c(O)c(O)n(-c2ccc(-c3ccon3)cn2)c1-c1ccsc1. The van der Waals surface area contributed by atoms with E-state index in [1.54, 1.807) is 45.2 Å². The zero-order chi connectivity index (χ0) is 20.8. The van der Waals surface area contributed by atoms with Gasteiger partial charge in [-0.05, 0) is 23.6 Å². The molecule has 4 rings (SSSR count). The molecule has 0 aromatic carbocycles. The number of Topliss-reactive ketones (excluding diaryl/α,β-unsaturated/α-hetero) is 1. The molecule has 2 N–H and O–H groups in total. The van der Waals surface area contributed by atoms with E-state index < -0.39 is 17.0 Å². The topological polar surface area (TPSA) is 101 Å². The highest BCUT2D eigenvalue weighted by Crippen LogP contribution is 2.45. The summed E-state index contributed by atoms with van der Waals surface area (Å²) in [5.41, 5.74) is 1.82. The summed E-state index contributed by atoms with van der Waals surface area (Å²) in [7, 11) is 0. The lowest BCUT2D eigenvalue weighted by atomic mass is 9.85. The fourth-order valence-corrected chi connectivity index (χ4v) is 3.71. The third-order valence-electron chi connectivity index (χ3n) is 4.53. The number of hydrogen-bond acceptors (Lipinski definition) is 7. The molecule has 0 bridgehead atoms. The van der Waals surface area contributed by atoms with Gasteiger partial charge in [0.15, 0.2) is 11.5 Å². The van der Waals surface area contributed by atoms with Crippen LogP contribution in [-0.4, -0.2) is 30.7 Å². The summed E-state index contributed by atoms with van der Waals surface area (Å²) in [4.78, 5) is 17.5. The Hall–Kier alpha value is -3.39. The predicted octanol–water partition coefficient (Wildman–Crippen LogP) is 4.90. The van der Waals surface area contributed by atoms with E-state index in [-0.39, 0.29) is 11.3 Å². The fraction of sp³-hybridized carbons (Fsp3) is 0.190. The molecule has 0 spiro atoms. The summed E-state index contributed by atoms with van der Waals surface area (Å²) < 4.78 is 6.25. The summed E-state index contributed by atoms with van der Waals surface area (Å²) in [6.45, 7) is 5.31. The van der Waals surface area contributed by atoms with Crippen LogP contribution in [0.2, 0.25) is 0 Å². The minimum absolute atomic E-state index is 0.0794. The van der Waals surface area contributed by atoms with Crippen molar-refractivity contribution in [2.75, 3.05) is 0 Å². The molecule has 0 saturated heterocycles. The molecule has 7 nitrogen and oxygen atoms in total. The van der Waals surface area contributed by atoms with Crippen molar-refractivity contribution in [3.05, 3.63) is 53.0 Å². The number of hydrogen-bond donors (Lipinski definition) is 2. The first-order chi connectivity index (χ1) is 13.8. The Labute approximate surface area is 170 Å². The first-order valence-corrected chi connectivity index (χ1v) is 9.84. The second-order valence-corrected chi connectivity index (χ2v) is 8.39. The molecule has 0 amide bonds. The van der Waals surface area contributed by atoms with Gasteiger partial charge in [-0.1, -0.05) is 25.9 Å². The summed E-state index contributed by atoms with van der Waals surface area (Å²) in [5, 5.41) is 29.0. The summed E-state index contributed by atoms with van der Waals surface area (Å²) in [5.74, 6) is -0.794. The minimum atomic E-state index is -0.745. The number of carbonyl (C=O) groups excluding carboxylic acids is 1. The van der Waals surface area contributed by atoms with Crippen molar-refractivity contribution >= 4 is 17.1 Å².